The molecule has 0 bridgehead atoms. The van der Waals surface area contributed by atoms with Crippen LogP contribution in [0.3, 0.4) is 0 Å². The number of amides is 1. The van der Waals surface area contributed by atoms with Gasteiger partial charge in [-0.05, 0) is 61.2 Å². The third-order valence-electron chi connectivity index (χ3n) is 5.13. The molecule has 0 saturated carbocycles. The molecule has 2 unspecified atom stereocenters. The molecule has 1 aromatic heterocycles. The maximum absolute atomic E-state index is 13.1. The minimum absolute atomic E-state index is 0.129. The van der Waals surface area contributed by atoms with Crippen molar-refractivity contribution in [3.63, 3.8) is 0 Å². The summed E-state index contributed by atoms with van der Waals surface area (Å²) in [5.41, 5.74) is 2.32. The van der Waals surface area contributed by atoms with E-state index in [1.54, 1.807) is 16.7 Å². The van der Waals surface area contributed by atoms with Crippen molar-refractivity contribution >= 4 is 40.0 Å². The van der Waals surface area contributed by atoms with Gasteiger partial charge in [0.25, 0.3) is 0 Å². The summed E-state index contributed by atoms with van der Waals surface area (Å²) in [7, 11) is 0. The fourth-order valence-corrected chi connectivity index (χ4v) is 5.60. The second-order valence-electron chi connectivity index (χ2n) is 7.16. The SMILES string of the molecule is Cc1cn(CCCN2C(=O)C3C(=NC2=S)SC2=C3CCC(C)C2)cn1. The zero-order valence-electron chi connectivity index (χ0n) is 14.6. The minimum Gasteiger partial charge on any atom is -0.337 e. The fraction of sp³-hybridized carbons (Fsp3) is 0.556. The third kappa shape index (κ3) is 3.19. The maximum Gasteiger partial charge on any atom is 0.242 e. The Hall–Kier alpha value is -1.47. The first-order valence-corrected chi connectivity index (χ1v) is 10.1. The molecule has 0 radical (unpaired) electrons. The number of aromatic nitrogens is 2. The lowest BCUT2D eigenvalue weighted by molar-refractivity contribution is -0.128. The van der Waals surface area contributed by atoms with Crippen molar-refractivity contribution in [3.05, 3.63) is 28.7 Å². The van der Waals surface area contributed by atoms with Gasteiger partial charge in [0, 0.05) is 19.3 Å². The van der Waals surface area contributed by atoms with Crippen molar-refractivity contribution in [2.45, 2.75) is 46.1 Å². The van der Waals surface area contributed by atoms with Crippen LogP contribution in [0.2, 0.25) is 0 Å². The van der Waals surface area contributed by atoms with Crippen LogP contribution in [-0.2, 0) is 11.3 Å². The van der Waals surface area contributed by atoms with Crippen LogP contribution in [0.5, 0.6) is 0 Å². The van der Waals surface area contributed by atoms with E-state index in [2.05, 4.69) is 21.5 Å². The first-order chi connectivity index (χ1) is 12.0. The topological polar surface area (TPSA) is 50.5 Å². The Morgan fingerprint density at radius 3 is 3.00 bits per heavy atom. The number of aliphatic imine (C=N–C) groups is 1. The second kappa shape index (κ2) is 6.68. The van der Waals surface area contributed by atoms with Gasteiger partial charge in [-0.1, -0.05) is 18.7 Å². The molecule has 3 aliphatic rings. The molecular formula is C18H22N4OS2. The van der Waals surface area contributed by atoms with Gasteiger partial charge in [0.05, 0.1) is 17.1 Å². The Morgan fingerprint density at radius 2 is 2.24 bits per heavy atom. The third-order valence-corrected chi connectivity index (χ3v) is 6.65. The number of carbonyl (C=O) groups excluding carboxylic acids is 1. The summed E-state index contributed by atoms with van der Waals surface area (Å²) in [6.45, 7) is 5.70. The van der Waals surface area contributed by atoms with E-state index >= 15 is 0 Å². The molecule has 1 aliphatic carbocycles. The number of rotatable bonds is 4. The van der Waals surface area contributed by atoms with E-state index in [0.717, 1.165) is 36.5 Å². The number of fused-ring (bicyclic) bond motifs is 2. The molecule has 132 valence electrons. The fourth-order valence-electron chi connectivity index (χ4n) is 3.80. The minimum atomic E-state index is -0.158. The average Bonchev–Trinajstić information content (AvgIpc) is 3.13. The maximum atomic E-state index is 13.1. The molecular weight excluding hydrogens is 352 g/mol. The van der Waals surface area contributed by atoms with Gasteiger partial charge >= 0.3 is 0 Å². The van der Waals surface area contributed by atoms with Gasteiger partial charge in [-0.3, -0.25) is 9.69 Å². The highest BCUT2D eigenvalue weighted by Crippen LogP contribution is 2.49. The van der Waals surface area contributed by atoms with Crippen LogP contribution in [0.1, 0.15) is 38.3 Å². The zero-order valence-corrected chi connectivity index (χ0v) is 16.2. The molecule has 7 heteroatoms. The van der Waals surface area contributed by atoms with E-state index in [1.807, 2.05) is 19.4 Å². The molecule has 0 saturated heterocycles. The van der Waals surface area contributed by atoms with E-state index in [-0.39, 0.29) is 11.8 Å². The summed E-state index contributed by atoms with van der Waals surface area (Å²) in [5, 5.41) is 1.34. The van der Waals surface area contributed by atoms with Gasteiger partial charge in [0.15, 0.2) is 0 Å². The highest BCUT2D eigenvalue weighted by Gasteiger charge is 2.44. The summed E-state index contributed by atoms with van der Waals surface area (Å²) in [4.78, 5) is 25.0. The molecule has 4 rings (SSSR count). The molecule has 0 aromatic carbocycles. The van der Waals surface area contributed by atoms with Crippen LogP contribution in [0.4, 0.5) is 0 Å². The highest BCUT2D eigenvalue weighted by molar-refractivity contribution is 8.17. The van der Waals surface area contributed by atoms with Gasteiger partial charge in [-0.2, -0.15) is 0 Å². The molecule has 25 heavy (non-hydrogen) atoms. The number of thiocarbonyl (C=S) groups is 1. The Kier molecular flexibility index (Phi) is 4.54. The lowest BCUT2D eigenvalue weighted by Gasteiger charge is -2.30. The molecule has 3 heterocycles. The smallest absolute Gasteiger partial charge is 0.242 e. The standard InChI is InChI=1S/C18H22N4OS2/c1-11-4-5-13-14(8-11)25-16-15(13)17(23)22(18(24)20-16)7-3-6-21-9-12(2)19-10-21/h9-11,15H,3-8H2,1-2H3. The van der Waals surface area contributed by atoms with Gasteiger partial charge in [-0.25, -0.2) is 9.98 Å². The Balaban J connectivity index is 1.46. The molecule has 1 aromatic rings. The van der Waals surface area contributed by atoms with Crippen molar-refractivity contribution in [1.82, 2.24) is 14.5 Å². The predicted molar refractivity (Wildman–Crippen MR) is 104 cm³/mol. The average molecular weight is 375 g/mol. The highest BCUT2D eigenvalue weighted by atomic mass is 32.2. The number of thioether (sulfide) groups is 1. The van der Waals surface area contributed by atoms with Crippen molar-refractivity contribution in [3.8, 4) is 0 Å². The van der Waals surface area contributed by atoms with Crippen molar-refractivity contribution in [1.29, 1.82) is 0 Å². The van der Waals surface area contributed by atoms with Crippen LogP contribution in [-0.4, -0.2) is 37.1 Å². The summed E-state index contributed by atoms with van der Waals surface area (Å²) >= 11 is 7.12. The number of hydrogen-bond acceptors (Lipinski definition) is 4. The van der Waals surface area contributed by atoms with Crippen LogP contribution in [0, 0.1) is 18.8 Å². The Morgan fingerprint density at radius 1 is 1.40 bits per heavy atom. The zero-order chi connectivity index (χ0) is 17.6. The normalized spacial score (nSPS) is 26.0. The van der Waals surface area contributed by atoms with Gasteiger partial charge in [0.2, 0.25) is 11.0 Å². The molecule has 0 N–H and O–H groups in total. The van der Waals surface area contributed by atoms with Gasteiger partial charge < -0.3 is 4.57 Å². The monoisotopic (exact) mass is 374 g/mol. The number of imidazole rings is 1. The number of hydrogen-bond donors (Lipinski definition) is 0. The molecule has 0 spiro atoms. The summed E-state index contributed by atoms with van der Waals surface area (Å²) in [6, 6.07) is 0. The molecule has 2 atom stereocenters. The van der Waals surface area contributed by atoms with Crippen LogP contribution >= 0.6 is 24.0 Å². The van der Waals surface area contributed by atoms with Gasteiger partial charge in [0.1, 0.15) is 5.92 Å². The molecule has 0 fully saturated rings. The van der Waals surface area contributed by atoms with Crippen molar-refractivity contribution in [2.75, 3.05) is 6.54 Å². The van der Waals surface area contributed by atoms with Crippen LogP contribution in [0.15, 0.2) is 28.0 Å². The summed E-state index contributed by atoms with van der Waals surface area (Å²) in [5.74, 6) is 0.669. The largest absolute Gasteiger partial charge is 0.337 e. The Labute approximate surface area is 157 Å². The Bertz CT molecular complexity index is 795. The lowest BCUT2D eigenvalue weighted by Crippen LogP contribution is -2.46. The number of allylic oxidation sites excluding steroid dienone is 1. The van der Waals surface area contributed by atoms with Crippen molar-refractivity contribution < 1.29 is 4.79 Å². The van der Waals surface area contributed by atoms with E-state index in [0.29, 0.717) is 17.6 Å². The second-order valence-corrected chi connectivity index (χ2v) is 8.64. The number of carbonyl (C=O) groups is 1. The summed E-state index contributed by atoms with van der Waals surface area (Å²) in [6.07, 6.45) is 7.95. The lowest BCUT2D eigenvalue weighted by atomic mass is 9.84. The van der Waals surface area contributed by atoms with E-state index < -0.39 is 0 Å². The van der Waals surface area contributed by atoms with Crippen LogP contribution < -0.4 is 0 Å². The number of nitrogens with zero attached hydrogens (tertiary/aromatic N) is 4. The van der Waals surface area contributed by atoms with Crippen molar-refractivity contribution in [2.24, 2.45) is 16.8 Å². The molecule has 2 aliphatic heterocycles. The molecule has 5 nitrogen and oxygen atoms in total. The van der Waals surface area contributed by atoms with E-state index in [1.165, 1.54) is 16.9 Å². The van der Waals surface area contributed by atoms with E-state index in [9.17, 15) is 4.79 Å². The van der Waals surface area contributed by atoms with Crippen LogP contribution in [0.25, 0.3) is 0 Å². The first kappa shape index (κ1) is 17.0. The number of aryl methyl sites for hydroxylation is 2. The van der Waals surface area contributed by atoms with E-state index in [4.69, 9.17) is 12.2 Å². The first-order valence-electron chi connectivity index (χ1n) is 8.85. The molecule has 1 amide bonds. The quantitative estimate of drug-likeness (QED) is 0.757. The predicted octanol–water partition coefficient (Wildman–Crippen LogP) is 3.54. The summed E-state index contributed by atoms with van der Waals surface area (Å²) < 4.78 is 2.05. The van der Waals surface area contributed by atoms with Gasteiger partial charge in [-0.15, -0.1) is 0 Å².